The van der Waals surface area contributed by atoms with E-state index in [1.165, 1.54) is 26.2 Å². The third kappa shape index (κ3) is 4.00. The minimum absolute atomic E-state index is 0.164. The van der Waals surface area contributed by atoms with Crippen LogP contribution in [-0.2, 0) is 19.1 Å². The summed E-state index contributed by atoms with van der Waals surface area (Å²) in [4.78, 5) is 16.6. The molecule has 1 aliphatic rings. The van der Waals surface area contributed by atoms with Gasteiger partial charge in [-0.25, -0.2) is 9.18 Å². The van der Waals surface area contributed by atoms with E-state index in [-0.39, 0.29) is 22.9 Å². The number of rotatable bonds is 6. The molecule has 23 heavy (non-hydrogen) atoms. The highest BCUT2D eigenvalue weighted by Crippen LogP contribution is 2.30. The highest BCUT2D eigenvalue weighted by molar-refractivity contribution is 9.10. The molecule has 0 fully saturated rings. The molecule has 0 bridgehead atoms. The fourth-order valence-corrected chi connectivity index (χ4v) is 2.44. The highest BCUT2D eigenvalue weighted by Gasteiger charge is 2.29. The molecule has 126 valence electrons. The fourth-order valence-electron chi connectivity index (χ4n) is 2.09. The van der Waals surface area contributed by atoms with Gasteiger partial charge in [-0.3, -0.25) is 0 Å². The van der Waals surface area contributed by atoms with Gasteiger partial charge < -0.3 is 19.0 Å². The fraction of sp³-hybridized carbons (Fsp3) is 0.467. The topological polar surface area (TPSA) is 66.3 Å². The molecule has 0 radical (unpaired) electrons. The average molecular weight is 390 g/mol. The molecule has 1 aromatic rings. The number of benzene rings is 1. The van der Waals surface area contributed by atoms with Crippen LogP contribution in [0.25, 0.3) is 0 Å². The minimum atomic E-state index is -0.896. The minimum Gasteiger partial charge on any atom is -0.478 e. The van der Waals surface area contributed by atoms with Crippen molar-refractivity contribution in [1.29, 1.82) is 0 Å². The Morgan fingerprint density at radius 1 is 1.57 bits per heavy atom. The van der Waals surface area contributed by atoms with Crippen LogP contribution in [0.4, 0.5) is 4.39 Å². The Bertz CT molecular complexity index is 622. The lowest BCUT2D eigenvalue weighted by Crippen LogP contribution is -2.28. The van der Waals surface area contributed by atoms with Crippen LogP contribution < -0.4 is 4.74 Å². The number of halogens is 2. The van der Waals surface area contributed by atoms with Crippen LogP contribution in [0.1, 0.15) is 19.4 Å². The number of oxime groups is 1. The summed E-state index contributed by atoms with van der Waals surface area (Å²) >= 11 is 3.14. The van der Waals surface area contributed by atoms with E-state index in [0.29, 0.717) is 17.9 Å². The van der Waals surface area contributed by atoms with Crippen molar-refractivity contribution in [2.24, 2.45) is 5.16 Å². The van der Waals surface area contributed by atoms with Crippen molar-refractivity contribution >= 4 is 27.6 Å². The summed E-state index contributed by atoms with van der Waals surface area (Å²) < 4.78 is 29.8. The Morgan fingerprint density at radius 2 is 2.30 bits per heavy atom. The van der Waals surface area contributed by atoms with Crippen LogP contribution in [0.2, 0.25) is 0 Å². The van der Waals surface area contributed by atoms with Gasteiger partial charge in [0.25, 0.3) is 0 Å². The van der Waals surface area contributed by atoms with E-state index in [1.807, 2.05) is 6.92 Å². The van der Waals surface area contributed by atoms with Crippen molar-refractivity contribution < 1.29 is 28.2 Å². The molecular formula is C15H17BrFNO5. The summed E-state index contributed by atoms with van der Waals surface area (Å²) in [5, 5.41) is 3.96. The molecule has 2 atom stereocenters. The number of carbonyl (C=O) groups is 1. The maximum Gasteiger partial charge on any atom is 0.346 e. The number of nitrogens with zero attached hydrogens (tertiary/aromatic N) is 1. The van der Waals surface area contributed by atoms with E-state index in [9.17, 15) is 9.18 Å². The summed E-state index contributed by atoms with van der Waals surface area (Å²) in [5.41, 5.74) is 0.976. The summed E-state index contributed by atoms with van der Waals surface area (Å²) in [6.07, 6.45) is -1.28. The third-order valence-electron chi connectivity index (χ3n) is 3.20. The van der Waals surface area contributed by atoms with Crippen molar-refractivity contribution in [2.75, 3.05) is 20.3 Å². The number of methoxy groups -OCH3 is 1. The van der Waals surface area contributed by atoms with Crippen LogP contribution in [-0.4, -0.2) is 44.2 Å². The molecular weight excluding hydrogens is 373 g/mol. The molecule has 0 saturated heterocycles. The molecule has 1 aromatic carbocycles. The van der Waals surface area contributed by atoms with Gasteiger partial charge in [0.15, 0.2) is 6.10 Å². The summed E-state index contributed by atoms with van der Waals surface area (Å²) in [7, 11) is 1.26. The zero-order valence-electron chi connectivity index (χ0n) is 13.0. The molecule has 1 aliphatic heterocycles. The standard InChI is InChI=1S/C15H17BrFNO5/c1-4-21-13-7-22-18-14(13)9-5-10(16)11(17)6-12(9)23-8(2)15(19)20-3/h5-6,8,13H,4,7H2,1-3H3/t8-,13+/m0/s1. The molecule has 0 N–H and O–H groups in total. The van der Waals surface area contributed by atoms with Gasteiger partial charge in [0.1, 0.15) is 30.0 Å². The third-order valence-corrected chi connectivity index (χ3v) is 3.80. The largest absolute Gasteiger partial charge is 0.478 e. The zero-order valence-corrected chi connectivity index (χ0v) is 14.6. The van der Waals surface area contributed by atoms with E-state index in [2.05, 4.69) is 25.8 Å². The Hall–Kier alpha value is -1.67. The van der Waals surface area contributed by atoms with E-state index >= 15 is 0 Å². The van der Waals surface area contributed by atoms with Crippen LogP contribution in [0.5, 0.6) is 5.75 Å². The Morgan fingerprint density at radius 3 is 2.96 bits per heavy atom. The number of hydrogen-bond donors (Lipinski definition) is 0. The lowest BCUT2D eigenvalue weighted by Gasteiger charge is -2.18. The summed E-state index contributed by atoms with van der Waals surface area (Å²) in [6, 6.07) is 2.71. The second kappa shape index (κ2) is 7.74. The van der Waals surface area contributed by atoms with Crippen molar-refractivity contribution in [3.8, 4) is 5.75 Å². The van der Waals surface area contributed by atoms with E-state index in [4.69, 9.17) is 14.3 Å². The lowest BCUT2D eigenvalue weighted by molar-refractivity contribution is -0.147. The van der Waals surface area contributed by atoms with Gasteiger partial charge in [-0.1, -0.05) is 5.16 Å². The second-order valence-electron chi connectivity index (χ2n) is 4.76. The molecule has 8 heteroatoms. The first kappa shape index (κ1) is 17.7. The maximum absolute atomic E-state index is 13.9. The lowest BCUT2D eigenvalue weighted by atomic mass is 10.0. The van der Waals surface area contributed by atoms with Gasteiger partial charge in [0.2, 0.25) is 0 Å². The predicted octanol–water partition coefficient (Wildman–Crippen LogP) is 2.67. The molecule has 2 rings (SSSR count). The first-order valence-electron chi connectivity index (χ1n) is 7.03. The maximum atomic E-state index is 13.9. The summed E-state index contributed by atoms with van der Waals surface area (Å²) in [6.45, 7) is 4.12. The van der Waals surface area contributed by atoms with Crippen molar-refractivity contribution in [1.82, 2.24) is 0 Å². The molecule has 0 unspecified atom stereocenters. The number of esters is 1. The van der Waals surface area contributed by atoms with Gasteiger partial charge in [0, 0.05) is 18.2 Å². The molecule has 0 spiro atoms. The SMILES string of the molecule is CCO[C@@H]1CON=C1c1cc(Br)c(F)cc1O[C@@H](C)C(=O)OC. The number of carbonyl (C=O) groups excluding carboxylic acids is 1. The molecule has 6 nitrogen and oxygen atoms in total. The second-order valence-corrected chi connectivity index (χ2v) is 5.62. The van der Waals surface area contributed by atoms with Gasteiger partial charge in [-0.2, -0.15) is 0 Å². The highest BCUT2D eigenvalue weighted by atomic mass is 79.9. The average Bonchev–Trinajstić information content (AvgIpc) is 2.98. The van der Waals surface area contributed by atoms with E-state index in [0.717, 1.165) is 0 Å². The van der Waals surface area contributed by atoms with Crippen LogP contribution in [0.3, 0.4) is 0 Å². The predicted molar refractivity (Wildman–Crippen MR) is 84.1 cm³/mol. The van der Waals surface area contributed by atoms with Crippen molar-refractivity contribution in [2.45, 2.75) is 26.1 Å². The monoisotopic (exact) mass is 389 g/mol. The molecule has 0 aliphatic carbocycles. The van der Waals surface area contributed by atoms with Gasteiger partial charge in [-0.05, 0) is 35.8 Å². The van der Waals surface area contributed by atoms with Crippen LogP contribution in [0.15, 0.2) is 21.8 Å². The van der Waals surface area contributed by atoms with Crippen molar-refractivity contribution in [3.05, 3.63) is 28.0 Å². The zero-order chi connectivity index (χ0) is 17.0. The van der Waals surface area contributed by atoms with Crippen LogP contribution >= 0.6 is 15.9 Å². The van der Waals surface area contributed by atoms with Gasteiger partial charge in [0.05, 0.1) is 11.6 Å². The molecule has 0 amide bonds. The smallest absolute Gasteiger partial charge is 0.346 e. The summed E-state index contributed by atoms with van der Waals surface area (Å²) in [5.74, 6) is -0.920. The number of hydrogen-bond acceptors (Lipinski definition) is 6. The van der Waals surface area contributed by atoms with Crippen molar-refractivity contribution in [3.63, 3.8) is 0 Å². The van der Waals surface area contributed by atoms with E-state index < -0.39 is 17.9 Å². The normalized spacial score (nSPS) is 18.1. The van der Waals surface area contributed by atoms with Gasteiger partial charge in [-0.15, -0.1) is 0 Å². The first-order valence-corrected chi connectivity index (χ1v) is 7.82. The van der Waals surface area contributed by atoms with E-state index in [1.54, 1.807) is 0 Å². The van der Waals surface area contributed by atoms with Crippen LogP contribution in [0, 0.1) is 5.82 Å². The number of ether oxygens (including phenoxy) is 3. The Kier molecular flexibility index (Phi) is 5.95. The molecule has 1 heterocycles. The Labute approximate surface area is 141 Å². The first-order chi connectivity index (χ1) is 11.0. The molecule has 0 saturated carbocycles. The quantitative estimate of drug-likeness (QED) is 0.699. The molecule has 0 aromatic heterocycles. The van der Waals surface area contributed by atoms with Gasteiger partial charge >= 0.3 is 5.97 Å². The Balaban J connectivity index is 2.38.